The van der Waals surface area contributed by atoms with E-state index < -0.39 is 0 Å². The van der Waals surface area contributed by atoms with Gasteiger partial charge in [0.2, 0.25) is 5.91 Å². The standard InChI is InChI=1S/C25H24N2O3/c1-26-25(29)21-14-11-19(12-15-21)13-16-24(28)27-17-22-9-5-6-10-23(22)30-18-20-7-3-2-4-8-20/h2-16H,17-18H2,1H3,(H,26,29)(H,27,28)/b16-13+. The first-order valence-corrected chi connectivity index (χ1v) is 9.68. The molecule has 0 saturated carbocycles. The zero-order valence-electron chi connectivity index (χ0n) is 16.8. The van der Waals surface area contributed by atoms with Crippen LogP contribution in [0.2, 0.25) is 0 Å². The van der Waals surface area contributed by atoms with Crippen LogP contribution in [0.4, 0.5) is 0 Å². The number of ether oxygens (including phenoxy) is 1. The first-order valence-electron chi connectivity index (χ1n) is 9.68. The Balaban J connectivity index is 1.54. The van der Waals surface area contributed by atoms with E-state index in [0.29, 0.717) is 18.7 Å². The van der Waals surface area contributed by atoms with E-state index in [4.69, 9.17) is 4.74 Å². The predicted molar refractivity (Wildman–Crippen MR) is 118 cm³/mol. The highest BCUT2D eigenvalue weighted by molar-refractivity contribution is 5.94. The molecule has 3 aromatic carbocycles. The number of hydrogen-bond acceptors (Lipinski definition) is 3. The van der Waals surface area contributed by atoms with Crippen molar-refractivity contribution < 1.29 is 14.3 Å². The molecule has 5 heteroatoms. The second-order valence-electron chi connectivity index (χ2n) is 6.63. The van der Waals surface area contributed by atoms with Crippen molar-refractivity contribution in [3.8, 4) is 5.75 Å². The van der Waals surface area contributed by atoms with Gasteiger partial charge in [0.05, 0.1) is 0 Å². The molecule has 0 aliphatic rings. The van der Waals surface area contributed by atoms with E-state index in [9.17, 15) is 9.59 Å². The van der Waals surface area contributed by atoms with Gasteiger partial charge < -0.3 is 15.4 Å². The van der Waals surface area contributed by atoms with E-state index in [-0.39, 0.29) is 11.8 Å². The summed E-state index contributed by atoms with van der Waals surface area (Å²) in [6.45, 7) is 0.835. The highest BCUT2D eigenvalue weighted by Crippen LogP contribution is 2.19. The van der Waals surface area contributed by atoms with Crippen LogP contribution in [0.25, 0.3) is 6.08 Å². The van der Waals surface area contributed by atoms with Gasteiger partial charge in [-0.1, -0.05) is 60.7 Å². The first-order chi connectivity index (χ1) is 14.7. The number of nitrogens with one attached hydrogen (secondary N) is 2. The van der Waals surface area contributed by atoms with E-state index in [1.165, 1.54) is 6.08 Å². The van der Waals surface area contributed by atoms with Crippen LogP contribution >= 0.6 is 0 Å². The Morgan fingerprint density at radius 3 is 2.33 bits per heavy atom. The fourth-order valence-electron chi connectivity index (χ4n) is 2.83. The van der Waals surface area contributed by atoms with Crippen LogP contribution in [-0.2, 0) is 17.9 Å². The smallest absolute Gasteiger partial charge is 0.251 e. The Morgan fingerprint density at radius 1 is 0.900 bits per heavy atom. The Labute approximate surface area is 176 Å². The third kappa shape index (κ3) is 6.07. The van der Waals surface area contributed by atoms with Crippen molar-refractivity contribution in [1.82, 2.24) is 10.6 Å². The Kier molecular flexibility index (Phi) is 7.39. The number of amides is 2. The fraction of sp³-hybridized carbons (Fsp3) is 0.120. The largest absolute Gasteiger partial charge is 0.489 e. The molecule has 0 atom stereocenters. The van der Waals surface area contributed by atoms with Crippen LogP contribution in [0.5, 0.6) is 5.75 Å². The van der Waals surface area contributed by atoms with Gasteiger partial charge in [-0.05, 0) is 35.4 Å². The van der Waals surface area contributed by atoms with Gasteiger partial charge in [-0.15, -0.1) is 0 Å². The van der Waals surface area contributed by atoms with E-state index in [2.05, 4.69) is 10.6 Å². The zero-order valence-corrected chi connectivity index (χ0v) is 16.8. The summed E-state index contributed by atoms with van der Waals surface area (Å²) in [5, 5.41) is 5.45. The third-order valence-corrected chi connectivity index (χ3v) is 4.49. The Hall–Kier alpha value is -3.86. The van der Waals surface area contributed by atoms with Crippen molar-refractivity contribution in [3.63, 3.8) is 0 Å². The van der Waals surface area contributed by atoms with Crippen LogP contribution in [0, 0.1) is 0 Å². The Bertz CT molecular complexity index is 1010. The molecule has 0 heterocycles. The molecule has 30 heavy (non-hydrogen) atoms. The average Bonchev–Trinajstić information content (AvgIpc) is 2.81. The van der Waals surface area contributed by atoms with Gasteiger partial charge in [0.1, 0.15) is 12.4 Å². The molecular formula is C25H24N2O3. The van der Waals surface area contributed by atoms with Crippen LogP contribution < -0.4 is 15.4 Å². The zero-order chi connectivity index (χ0) is 21.2. The molecule has 0 radical (unpaired) electrons. The van der Waals surface area contributed by atoms with Gasteiger partial charge in [0.25, 0.3) is 5.91 Å². The number of benzene rings is 3. The quantitative estimate of drug-likeness (QED) is 0.563. The van der Waals surface area contributed by atoms with E-state index >= 15 is 0 Å². The minimum atomic E-state index is -0.205. The van der Waals surface area contributed by atoms with Crippen molar-refractivity contribution >= 4 is 17.9 Å². The molecule has 0 saturated heterocycles. The molecule has 0 aliphatic carbocycles. The van der Waals surface area contributed by atoms with Crippen LogP contribution in [0.15, 0.2) is 84.9 Å². The van der Waals surface area contributed by atoms with Crippen molar-refractivity contribution in [1.29, 1.82) is 0 Å². The second-order valence-corrected chi connectivity index (χ2v) is 6.63. The molecule has 0 bridgehead atoms. The minimum Gasteiger partial charge on any atom is -0.489 e. The fourth-order valence-corrected chi connectivity index (χ4v) is 2.83. The topological polar surface area (TPSA) is 67.4 Å². The van der Waals surface area contributed by atoms with Gasteiger partial charge in [0, 0.05) is 30.8 Å². The van der Waals surface area contributed by atoms with Crippen LogP contribution in [0.1, 0.15) is 27.0 Å². The van der Waals surface area contributed by atoms with Gasteiger partial charge in [-0.25, -0.2) is 0 Å². The molecule has 152 valence electrons. The molecular weight excluding hydrogens is 376 g/mol. The van der Waals surface area contributed by atoms with Crippen molar-refractivity contribution in [2.24, 2.45) is 0 Å². The maximum Gasteiger partial charge on any atom is 0.251 e. The lowest BCUT2D eigenvalue weighted by Crippen LogP contribution is -2.20. The Morgan fingerprint density at radius 2 is 1.60 bits per heavy atom. The van der Waals surface area contributed by atoms with E-state index in [1.54, 1.807) is 37.4 Å². The summed E-state index contributed by atoms with van der Waals surface area (Å²) in [5.41, 5.74) is 3.41. The number of rotatable bonds is 8. The van der Waals surface area contributed by atoms with Crippen molar-refractivity contribution in [2.45, 2.75) is 13.2 Å². The maximum atomic E-state index is 12.2. The summed E-state index contributed by atoms with van der Waals surface area (Å²) >= 11 is 0. The maximum absolute atomic E-state index is 12.2. The van der Waals surface area contributed by atoms with Crippen LogP contribution in [-0.4, -0.2) is 18.9 Å². The predicted octanol–water partition coefficient (Wildman–Crippen LogP) is 3.95. The van der Waals surface area contributed by atoms with Crippen molar-refractivity contribution in [3.05, 3.63) is 107 Å². The molecule has 0 aromatic heterocycles. The van der Waals surface area contributed by atoms with E-state index in [0.717, 1.165) is 22.4 Å². The number of carbonyl (C=O) groups excluding carboxylic acids is 2. The summed E-state index contributed by atoms with van der Waals surface area (Å²) in [4.78, 5) is 23.8. The lowest BCUT2D eigenvalue weighted by Gasteiger charge is -2.12. The summed E-state index contributed by atoms with van der Waals surface area (Å²) in [6.07, 6.45) is 3.18. The van der Waals surface area contributed by atoms with Crippen LogP contribution in [0.3, 0.4) is 0 Å². The highest BCUT2D eigenvalue weighted by Gasteiger charge is 2.05. The lowest BCUT2D eigenvalue weighted by atomic mass is 10.1. The average molecular weight is 400 g/mol. The highest BCUT2D eigenvalue weighted by atomic mass is 16.5. The van der Waals surface area contributed by atoms with E-state index in [1.807, 2.05) is 54.6 Å². The number of para-hydroxylation sites is 1. The van der Waals surface area contributed by atoms with Crippen molar-refractivity contribution in [2.75, 3.05) is 7.05 Å². The third-order valence-electron chi connectivity index (χ3n) is 4.49. The van der Waals surface area contributed by atoms with Gasteiger partial charge in [-0.2, -0.15) is 0 Å². The summed E-state index contributed by atoms with van der Waals surface area (Å²) < 4.78 is 5.92. The molecule has 3 aromatic rings. The summed E-state index contributed by atoms with van der Waals surface area (Å²) in [5.74, 6) is 0.398. The van der Waals surface area contributed by atoms with Gasteiger partial charge in [-0.3, -0.25) is 9.59 Å². The molecule has 0 fully saturated rings. The van der Waals surface area contributed by atoms with Gasteiger partial charge >= 0.3 is 0 Å². The lowest BCUT2D eigenvalue weighted by molar-refractivity contribution is -0.116. The molecule has 2 amide bonds. The SMILES string of the molecule is CNC(=O)c1ccc(/C=C/C(=O)NCc2ccccc2OCc2ccccc2)cc1. The molecule has 2 N–H and O–H groups in total. The summed E-state index contributed by atoms with van der Waals surface area (Å²) in [6, 6.07) is 24.6. The number of carbonyl (C=O) groups is 2. The molecule has 0 spiro atoms. The monoisotopic (exact) mass is 400 g/mol. The molecule has 3 rings (SSSR count). The minimum absolute atomic E-state index is 0.142. The second kappa shape index (κ2) is 10.6. The molecule has 0 unspecified atom stereocenters. The molecule has 5 nitrogen and oxygen atoms in total. The number of hydrogen-bond donors (Lipinski definition) is 2. The summed E-state index contributed by atoms with van der Waals surface area (Å²) in [7, 11) is 1.59. The first kappa shape index (κ1) is 20.9. The molecule has 0 aliphatic heterocycles. The normalized spacial score (nSPS) is 10.6. The van der Waals surface area contributed by atoms with Gasteiger partial charge in [0.15, 0.2) is 0 Å².